The van der Waals surface area contributed by atoms with Gasteiger partial charge in [-0.05, 0) is 112 Å². The summed E-state index contributed by atoms with van der Waals surface area (Å²) in [5.74, 6) is -2.74. The number of nitrogens with one attached hydrogen (secondary N) is 3. The second-order valence-corrected chi connectivity index (χ2v) is 21.4. The summed E-state index contributed by atoms with van der Waals surface area (Å²) in [7, 11) is 4.58. The number of ether oxygens (including phenoxy) is 4. The van der Waals surface area contributed by atoms with E-state index < -0.39 is 79.6 Å². The highest BCUT2D eigenvalue weighted by Gasteiger charge is 2.31. The largest absolute Gasteiger partial charge is 0.497 e. The molecule has 0 radical (unpaired) electrons. The molecule has 0 heterocycles. The third-order valence-corrected chi connectivity index (χ3v) is 13.0. The molecule has 0 saturated carbocycles. The Morgan fingerprint density at radius 3 is 1.59 bits per heavy atom. The van der Waals surface area contributed by atoms with Crippen LogP contribution in [0.5, 0.6) is 11.5 Å². The molecule has 2 rings (SSSR count). The maximum absolute atomic E-state index is 14.6. The van der Waals surface area contributed by atoms with Crippen LogP contribution in [-0.2, 0) is 60.9 Å². The van der Waals surface area contributed by atoms with Crippen molar-refractivity contribution in [3.63, 3.8) is 0 Å². The standard InChI is InChI=1S/C56H92N10O12S/c1-40(2)32-64(37-52(70)63(26-28-75-7)35-49(67)60-48(14-11-12-24-57)56(74)61-47(55(58)73)23-29-79-10)54(72)39-65(33-41(3)4)53(71)36-62(25-13-27-78-42(5)6)51(69)38-66(34-44-17-21-46(77-9)22-18-44)50(68)31-59-30-43-15-19-45(76-8)20-16-43/h15-22,40-42,47-48,59H,11-14,23-39,57H2,1-10H3,(H2,58,73)(H,60,67)(H,61,74). The van der Waals surface area contributed by atoms with Crippen molar-refractivity contribution in [3.8, 4) is 11.5 Å². The number of unbranched alkanes of at least 4 members (excludes halogenated alkanes) is 1. The molecule has 2 atom stereocenters. The van der Waals surface area contributed by atoms with Gasteiger partial charge in [0.25, 0.3) is 0 Å². The van der Waals surface area contributed by atoms with Gasteiger partial charge in [-0.1, -0.05) is 52.0 Å². The molecule has 0 aliphatic rings. The summed E-state index contributed by atoms with van der Waals surface area (Å²) < 4.78 is 21.7. The van der Waals surface area contributed by atoms with Gasteiger partial charge in [0.2, 0.25) is 47.3 Å². The van der Waals surface area contributed by atoms with E-state index in [4.69, 9.17) is 30.4 Å². The van der Waals surface area contributed by atoms with Gasteiger partial charge in [0, 0.05) is 53.0 Å². The number of primary amides is 1. The number of carbonyl (C=O) groups is 8. The topological polar surface area (TPSA) is 278 Å². The van der Waals surface area contributed by atoms with Crippen LogP contribution in [0.3, 0.4) is 0 Å². The molecule has 0 bridgehead atoms. The van der Waals surface area contributed by atoms with Gasteiger partial charge in [-0.25, -0.2) is 0 Å². The van der Waals surface area contributed by atoms with Gasteiger partial charge in [0.15, 0.2) is 0 Å². The number of benzene rings is 2. The van der Waals surface area contributed by atoms with E-state index in [0.29, 0.717) is 62.6 Å². The molecular formula is C56H92N10O12S. The van der Waals surface area contributed by atoms with Crippen molar-refractivity contribution >= 4 is 59.0 Å². The lowest BCUT2D eigenvalue weighted by atomic mass is 10.1. The lowest BCUT2D eigenvalue weighted by Crippen LogP contribution is -2.55. The molecule has 23 heteroatoms. The molecule has 0 spiro atoms. The van der Waals surface area contributed by atoms with Gasteiger partial charge in [0.1, 0.15) is 30.1 Å². The Bertz CT molecular complexity index is 2170. The molecule has 8 amide bonds. The zero-order valence-electron chi connectivity index (χ0n) is 48.6. The normalized spacial score (nSPS) is 11.9. The molecule has 0 aliphatic heterocycles. The third-order valence-electron chi connectivity index (χ3n) is 12.3. The van der Waals surface area contributed by atoms with Gasteiger partial charge in [-0.3, -0.25) is 38.4 Å². The summed E-state index contributed by atoms with van der Waals surface area (Å²) in [4.78, 5) is 118. The van der Waals surface area contributed by atoms with Crippen LogP contribution in [0, 0.1) is 11.8 Å². The number of hydrogen-bond donors (Lipinski definition) is 5. The molecule has 22 nitrogen and oxygen atoms in total. The molecule has 0 fully saturated rings. The molecular weight excluding hydrogens is 1040 g/mol. The zero-order valence-corrected chi connectivity index (χ0v) is 49.4. The van der Waals surface area contributed by atoms with Crippen LogP contribution in [-0.4, -0.2) is 208 Å². The van der Waals surface area contributed by atoms with Crippen LogP contribution in [0.15, 0.2) is 48.5 Å². The number of nitrogens with zero attached hydrogens (tertiary/aromatic N) is 5. The van der Waals surface area contributed by atoms with Crippen LogP contribution in [0.2, 0.25) is 0 Å². The summed E-state index contributed by atoms with van der Waals surface area (Å²) in [5, 5.41) is 8.56. The highest BCUT2D eigenvalue weighted by Crippen LogP contribution is 2.16. The van der Waals surface area contributed by atoms with Gasteiger partial charge < -0.3 is 70.9 Å². The van der Waals surface area contributed by atoms with E-state index in [1.807, 2.05) is 84.2 Å². The van der Waals surface area contributed by atoms with Crippen molar-refractivity contribution in [1.29, 1.82) is 0 Å². The average Bonchev–Trinajstić information content (AvgIpc) is 3.41. The van der Waals surface area contributed by atoms with E-state index in [0.717, 1.165) is 11.1 Å². The Morgan fingerprint density at radius 2 is 1.10 bits per heavy atom. The van der Waals surface area contributed by atoms with Crippen LogP contribution >= 0.6 is 11.8 Å². The first-order valence-corrected chi connectivity index (χ1v) is 28.6. The second kappa shape index (κ2) is 38.6. The Hall–Kier alpha value is -6.01. The lowest BCUT2D eigenvalue weighted by molar-refractivity contribution is -0.148. The zero-order chi connectivity index (χ0) is 58.9. The van der Waals surface area contributed by atoms with Gasteiger partial charge >= 0.3 is 0 Å². The van der Waals surface area contributed by atoms with Gasteiger partial charge in [-0.2, -0.15) is 11.8 Å². The van der Waals surface area contributed by atoms with E-state index in [9.17, 15) is 38.4 Å². The Morgan fingerprint density at radius 1 is 0.582 bits per heavy atom. The molecule has 2 aromatic carbocycles. The third kappa shape index (κ3) is 28.1. The predicted octanol–water partition coefficient (Wildman–Crippen LogP) is 2.25. The van der Waals surface area contributed by atoms with E-state index in [1.54, 1.807) is 26.4 Å². The smallest absolute Gasteiger partial charge is 0.243 e. The van der Waals surface area contributed by atoms with Crippen LogP contribution < -0.4 is 36.9 Å². The van der Waals surface area contributed by atoms with Crippen molar-refractivity contribution in [2.75, 3.05) is 119 Å². The second-order valence-electron chi connectivity index (χ2n) is 20.4. The molecule has 7 N–H and O–H groups in total. The summed E-state index contributed by atoms with van der Waals surface area (Å²) in [6.45, 7) is 10.7. The summed E-state index contributed by atoms with van der Waals surface area (Å²) >= 11 is 1.49. The number of nitrogens with two attached hydrogens (primary N) is 2. The molecule has 2 aromatic rings. The monoisotopic (exact) mass is 1130 g/mol. The Labute approximate surface area is 473 Å². The number of methoxy groups -OCH3 is 3. The van der Waals surface area contributed by atoms with Crippen LogP contribution in [0.25, 0.3) is 0 Å². The summed E-state index contributed by atoms with van der Waals surface area (Å²) in [5.41, 5.74) is 13.0. The van der Waals surface area contributed by atoms with Crippen molar-refractivity contribution in [2.24, 2.45) is 23.3 Å². The van der Waals surface area contributed by atoms with Gasteiger partial charge in [-0.15, -0.1) is 0 Å². The van der Waals surface area contributed by atoms with Crippen molar-refractivity contribution in [3.05, 3.63) is 59.7 Å². The molecule has 0 aliphatic carbocycles. The number of rotatable bonds is 41. The SMILES string of the molecule is COCCN(CC(=O)NC(CCCCN)C(=O)NC(CCSC)C(N)=O)C(=O)CN(CC(C)C)C(=O)CN(CC(C)C)C(=O)CN(CCCOC(C)C)C(=O)CN(Cc1ccc(OC)cc1)C(=O)CNCc1ccc(OC)cc1. The fourth-order valence-electron chi connectivity index (χ4n) is 8.12. The number of carbonyl (C=O) groups excluding carboxylic acids is 8. The molecule has 444 valence electrons. The fourth-order valence-corrected chi connectivity index (χ4v) is 8.60. The van der Waals surface area contributed by atoms with Gasteiger partial charge in [0.05, 0.1) is 59.7 Å². The molecule has 0 aromatic heterocycles. The van der Waals surface area contributed by atoms with Crippen molar-refractivity contribution in [2.45, 2.75) is 105 Å². The van der Waals surface area contributed by atoms with E-state index in [2.05, 4.69) is 16.0 Å². The van der Waals surface area contributed by atoms with E-state index in [-0.39, 0.29) is 82.7 Å². The Kier molecular flexibility index (Phi) is 33.7. The quantitative estimate of drug-likeness (QED) is 0.0598. The highest BCUT2D eigenvalue weighted by molar-refractivity contribution is 7.98. The number of thioether (sulfide) groups is 1. The molecule has 79 heavy (non-hydrogen) atoms. The predicted molar refractivity (Wildman–Crippen MR) is 306 cm³/mol. The Balaban J connectivity index is 2.40. The molecule has 2 unspecified atom stereocenters. The fraction of sp³-hybridized carbons (Fsp3) is 0.643. The summed E-state index contributed by atoms with van der Waals surface area (Å²) in [6.07, 6.45) is 3.75. The maximum atomic E-state index is 14.6. The minimum atomic E-state index is -1.06. The van der Waals surface area contributed by atoms with Crippen LogP contribution in [0.1, 0.15) is 84.8 Å². The van der Waals surface area contributed by atoms with Crippen molar-refractivity contribution < 1.29 is 57.3 Å². The summed E-state index contributed by atoms with van der Waals surface area (Å²) in [6, 6.07) is 12.6. The number of amides is 8. The maximum Gasteiger partial charge on any atom is 0.243 e. The minimum Gasteiger partial charge on any atom is -0.497 e. The first kappa shape index (κ1) is 69.1. The highest BCUT2D eigenvalue weighted by atomic mass is 32.2. The van der Waals surface area contributed by atoms with Crippen molar-refractivity contribution in [1.82, 2.24) is 40.4 Å². The van der Waals surface area contributed by atoms with E-state index in [1.165, 1.54) is 43.4 Å². The lowest BCUT2D eigenvalue weighted by Gasteiger charge is -2.33. The first-order valence-electron chi connectivity index (χ1n) is 27.2. The average molecular weight is 1130 g/mol. The first-order chi connectivity index (χ1) is 37.6. The number of hydrogen-bond acceptors (Lipinski definition) is 15. The van der Waals surface area contributed by atoms with E-state index >= 15 is 0 Å². The van der Waals surface area contributed by atoms with Crippen LogP contribution in [0.4, 0.5) is 0 Å². The molecule has 0 saturated heterocycles. The minimum absolute atomic E-state index is 0.0255.